The molecule has 1 heterocycles. The molecule has 2 atom stereocenters. The van der Waals surface area contributed by atoms with Gasteiger partial charge in [-0.1, -0.05) is 6.07 Å². The molecule has 2 rings (SSSR count). The van der Waals surface area contributed by atoms with E-state index in [0.29, 0.717) is 24.2 Å². The van der Waals surface area contributed by atoms with Crippen LogP contribution in [0.15, 0.2) is 12.1 Å². The summed E-state index contributed by atoms with van der Waals surface area (Å²) in [6.45, 7) is 4.01. The van der Waals surface area contributed by atoms with Gasteiger partial charge in [0, 0.05) is 17.8 Å². The minimum atomic E-state index is -0.465. The van der Waals surface area contributed by atoms with Crippen molar-refractivity contribution in [2.75, 3.05) is 11.9 Å². The van der Waals surface area contributed by atoms with Crippen LogP contribution in [0, 0.1) is 13.8 Å². The second kappa shape index (κ2) is 4.96. The smallest absolute Gasteiger partial charge is 0.241 e. The Labute approximate surface area is 106 Å². The van der Waals surface area contributed by atoms with Crippen molar-refractivity contribution in [3.05, 3.63) is 23.3 Å². The number of rotatable bonds is 2. The minimum Gasteiger partial charge on any atom is -0.507 e. The summed E-state index contributed by atoms with van der Waals surface area (Å²) in [5, 5.41) is 24.9. The Morgan fingerprint density at radius 1 is 1.44 bits per heavy atom. The molecule has 4 N–H and O–H groups in total. The van der Waals surface area contributed by atoms with Crippen LogP contribution in [-0.2, 0) is 4.79 Å². The molecule has 98 valence electrons. The highest BCUT2D eigenvalue weighted by Gasteiger charge is 2.28. The third-order valence-corrected chi connectivity index (χ3v) is 3.31. The molecule has 0 saturated carbocycles. The van der Waals surface area contributed by atoms with E-state index in [0.717, 1.165) is 5.56 Å². The first-order valence-corrected chi connectivity index (χ1v) is 6.00. The van der Waals surface area contributed by atoms with Gasteiger partial charge in [-0.3, -0.25) is 4.79 Å². The maximum atomic E-state index is 11.9. The van der Waals surface area contributed by atoms with Gasteiger partial charge in [-0.2, -0.15) is 0 Å². The molecule has 1 aromatic carbocycles. The van der Waals surface area contributed by atoms with E-state index in [4.69, 9.17) is 0 Å². The number of aliphatic hydroxyl groups is 1. The van der Waals surface area contributed by atoms with Gasteiger partial charge in [-0.05, 0) is 31.9 Å². The first-order valence-electron chi connectivity index (χ1n) is 6.00. The molecule has 1 aromatic rings. The number of benzene rings is 1. The lowest BCUT2D eigenvalue weighted by atomic mass is 10.1. The number of amides is 1. The molecule has 5 nitrogen and oxygen atoms in total. The third kappa shape index (κ3) is 2.47. The van der Waals surface area contributed by atoms with E-state index < -0.39 is 6.10 Å². The normalized spacial score (nSPS) is 23.1. The molecule has 1 aliphatic heterocycles. The first-order chi connectivity index (χ1) is 8.49. The van der Waals surface area contributed by atoms with Gasteiger partial charge in [-0.15, -0.1) is 0 Å². The maximum Gasteiger partial charge on any atom is 0.241 e. The minimum absolute atomic E-state index is 0.182. The summed E-state index contributed by atoms with van der Waals surface area (Å²) in [6.07, 6.45) is -0.0452. The van der Waals surface area contributed by atoms with Crippen LogP contribution < -0.4 is 10.6 Å². The van der Waals surface area contributed by atoms with E-state index in [9.17, 15) is 15.0 Å². The van der Waals surface area contributed by atoms with Crippen LogP contribution >= 0.6 is 0 Å². The Bertz CT molecular complexity index is 474. The Balaban J connectivity index is 2.10. The molecule has 0 bridgehead atoms. The number of phenols is 1. The van der Waals surface area contributed by atoms with Crippen molar-refractivity contribution in [2.45, 2.75) is 32.4 Å². The predicted molar refractivity (Wildman–Crippen MR) is 68.6 cm³/mol. The Morgan fingerprint density at radius 2 is 2.17 bits per heavy atom. The quantitative estimate of drug-likeness (QED) is 0.622. The van der Waals surface area contributed by atoms with E-state index >= 15 is 0 Å². The number of carbonyl (C=O) groups excluding carboxylic acids is 1. The number of β-amino-alcohol motifs (C(OH)–C–C–N with tert-alkyl or cyclic N) is 1. The van der Waals surface area contributed by atoms with Gasteiger partial charge >= 0.3 is 0 Å². The van der Waals surface area contributed by atoms with Crippen molar-refractivity contribution < 1.29 is 15.0 Å². The maximum absolute atomic E-state index is 11.9. The summed E-state index contributed by atoms with van der Waals surface area (Å²) in [7, 11) is 0. The van der Waals surface area contributed by atoms with E-state index in [1.54, 1.807) is 19.1 Å². The molecule has 1 saturated heterocycles. The molecule has 1 fully saturated rings. The van der Waals surface area contributed by atoms with E-state index in [2.05, 4.69) is 10.6 Å². The number of aliphatic hydroxyl groups excluding tert-OH is 1. The lowest BCUT2D eigenvalue weighted by Gasteiger charge is -2.14. The van der Waals surface area contributed by atoms with Gasteiger partial charge < -0.3 is 20.8 Å². The highest BCUT2D eigenvalue weighted by Crippen LogP contribution is 2.28. The van der Waals surface area contributed by atoms with Gasteiger partial charge in [0.15, 0.2) is 0 Å². The van der Waals surface area contributed by atoms with Crippen LogP contribution in [-0.4, -0.2) is 34.8 Å². The number of aryl methyl sites for hydroxylation is 1. The second-order valence-corrected chi connectivity index (χ2v) is 4.74. The molecular weight excluding hydrogens is 232 g/mol. The van der Waals surface area contributed by atoms with Crippen molar-refractivity contribution in [1.29, 1.82) is 0 Å². The van der Waals surface area contributed by atoms with Crippen molar-refractivity contribution in [1.82, 2.24) is 5.32 Å². The van der Waals surface area contributed by atoms with Crippen molar-refractivity contribution >= 4 is 11.6 Å². The zero-order valence-electron chi connectivity index (χ0n) is 10.5. The lowest BCUT2D eigenvalue weighted by Crippen LogP contribution is -2.35. The average Bonchev–Trinajstić information content (AvgIpc) is 2.77. The van der Waals surface area contributed by atoms with Crippen molar-refractivity contribution in [3.63, 3.8) is 0 Å². The van der Waals surface area contributed by atoms with Crippen molar-refractivity contribution in [3.8, 4) is 5.75 Å². The van der Waals surface area contributed by atoms with Gasteiger partial charge in [0.1, 0.15) is 5.75 Å². The fourth-order valence-corrected chi connectivity index (χ4v) is 2.11. The first kappa shape index (κ1) is 12.9. The van der Waals surface area contributed by atoms with Crippen LogP contribution in [0.3, 0.4) is 0 Å². The fraction of sp³-hybridized carbons (Fsp3) is 0.462. The highest BCUT2D eigenvalue weighted by atomic mass is 16.3. The predicted octanol–water partition coefficient (Wildman–Crippen LogP) is 0.670. The highest BCUT2D eigenvalue weighted by molar-refractivity contribution is 5.96. The van der Waals surface area contributed by atoms with E-state index in [1.165, 1.54) is 0 Å². The Hall–Kier alpha value is -1.59. The van der Waals surface area contributed by atoms with Gasteiger partial charge in [0.05, 0.1) is 12.1 Å². The SMILES string of the molecule is Cc1ccc(NC(=O)C2CC(O)CN2)c(C)c1O. The molecule has 1 aliphatic rings. The topological polar surface area (TPSA) is 81.6 Å². The summed E-state index contributed by atoms with van der Waals surface area (Å²) < 4.78 is 0. The zero-order valence-corrected chi connectivity index (χ0v) is 10.5. The van der Waals surface area contributed by atoms with Gasteiger partial charge in [0.2, 0.25) is 5.91 Å². The van der Waals surface area contributed by atoms with Gasteiger partial charge in [0.25, 0.3) is 0 Å². The molecule has 0 radical (unpaired) electrons. The van der Waals surface area contributed by atoms with E-state index in [-0.39, 0.29) is 17.7 Å². The zero-order chi connectivity index (χ0) is 13.3. The largest absolute Gasteiger partial charge is 0.507 e. The number of hydrogen-bond donors (Lipinski definition) is 4. The molecule has 18 heavy (non-hydrogen) atoms. The van der Waals surface area contributed by atoms with Crippen LogP contribution in [0.1, 0.15) is 17.5 Å². The van der Waals surface area contributed by atoms with Crippen LogP contribution in [0.25, 0.3) is 0 Å². The molecule has 0 aliphatic carbocycles. The monoisotopic (exact) mass is 250 g/mol. The number of carbonyl (C=O) groups is 1. The van der Waals surface area contributed by atoms with E-state index in [1.807, 2.05) is 6.92 Å². The lowest BCUT2D eigenvalue weighted by molar-refractivity contribution is -0.117. The van der Waals surface area contributed by atoms with Crippen LogP contribution in [0.4, 0.5) is 5.69 Å². The molecule has 2 unspecified atom stereocenters. The summed E-state index contributed by atoms with van der Waals surface area (Å²) in [5.41, 5.74) is 2.04. The summed E-state index contributed by atoms with van der Waals surface area (Å²) in [4.78, 5) is 11.9. The summed E-state index contributed by atoms with van der Waals surface area (Å²) in [5.74, 6) is 0.0186. The summed E-state index contributed by atoms with van der Waals surface area (Å²) >= 11 is 0. The third-order valence-electron chi connectivity index (χ3n) is 3.31. The molecule has 1 amide bonds. The Kier molecular flexibility index (Phi) is 3.54. The number of aromatic hydroxyl groups is 1. The Morgan fingerprint density at radius 3 is 2.78 bits per heavy atom. The van der Waals surface area contributed by atoms with Crippen LogP contribution in [0.2, 0.25) is 0 Å². The number of hydrogen-bond acceptors (Lipinski definition) is 4. The van der Waals surface area contributed by atoms with Crippen LogP contribution in [0.5, 0.6) is 5.75 Å². The number of nitrogens with one attached hydrogen (secondary N) is 2. The van der Waals surface area contributed by atoms with Gasteiger partial charge in [-0.25, -0.2) is 0 Å². The fourth-order valence-electron chi connectivity index (χ4n) is 2.11. The molecule has 5 heteroatoms. The molecule has 0 aromatic heterocycles. The molecule has 0 spiro atoms. The average molecular weight is 250 g/mol. The van der Waals surface area contributed by atoms with Crippen molar-refractivity contribution in [2.24, 2.45) is 0 Å². The standard InChI is InChI=1S/C13H18N2O3/c1-7-3-4-10(8(2)12(7)17)15-13(18)11-5-9(16)6-14-11/h3-4,9,11,14,16-17H,5-6H2,1-2H3,(H,15,18). The summed E-state index contributed by atoms with van der Waals surface area (Å²) in [6, 6.07) is 3.16. The molecular formula is C13H18N2O3. The number of phenolic OH excluding ortho intramolecular Hbond substituents is 1. The second-order valence-electron chi connectivity index (χ2n) is 4.74. The number of anilines is 1.